The maximum atomic E-state index is 13.0. The van der Waals surface area contributed by atoms with Crippen LogP contribution in [-0.2, 0) is 10.0 Å². The number of sulfonamides is 1. The molecule has 4 heterocycles. The van der Waals surface area contributed by atoms with Gasteiger partial charge in [0.1, 0.15) is 10.8 Å². The van der Waals surface area contributed by atoms with Crippen LogP contribution in [0.3, 0.4) is 0 Å². The van der Waals surface area contributed by atoms with Gasteiger partial charge in [0, 0.05) is 44.0 Å². The van der Waals surface area contributed by atoms with Gasteiger partial charge < -0.3 is 15.2 Å². The highest BCUT2D eigenvalue weighted by atomic mass is 32.2. The van der Waals surface area contributed by atoms with Crippen LogP contribution in [-0.4, -0.2) is 76.8 Å². The third-order valence-corrected chi connectivity index (χ3v) is 9.19. The highest BCUT2D eigenvalue weighted by molar-refractivity contribution is 7.89. The summed E-state index contributed by atoms with van der Waals surface area (Å²) in [5.74, 6) is 0.235. The molecule has 2 amide bonds. The fourth-order valence-corrected chi connectivity index (χ4v) is 6.52. The third kappa shape index (κ3) is 3.53. The summed E-state index contributed by atoms with van der Waals surface area (Å²) in [6, 6.07) is 1.10. The molecule has 3 fully saturated rings. The summed E-state index contributed by atoms with van der Waals surface area (Å²) in [6.45, 7) is 0.588. The van der Waals surface area contributed by atoms with Gasteiger partial charge in [0.05, 0.1) is 11.7 Å². The van der Waals surface area contributed by atoms with Crippen molar-refractivity contribution in [3.05, 3.63) is 30.2 Å². The van der Waals surface area contributed by atoms with Crippen LogP contribution in [0.2, 0.25) is 0 Å². The molecule has 0 spiro atoms. The largest absolute Gasteiger partial charge is 0.411 e. The molecule has 2 aromatic rings. The van der Waals surface area contributed by atoms with Crippen molar-refractivity contribution in [2.24, 2.45) is 0 Å². The number of nitrogens with one attached hydrogen (secondary N) is 2. The number of hydrogen-bond donors (Lipinski definition) is 2. The first-order valence-corrected chi connectivity index (χ1v) is 12.1. The molecule has 1 saturated carbocycles. The van der Waals surface area contributed by atoms with E-state index in [0.29, 0.717) is 25.9 Å². The number of hydrogen-bond acceptors (Lipinski definition) is 4. The molecule has 0 unspecified atom stereocenters. The van der Waals surface area contributed by atoms with Gasteiger partial charge in [0.2, 0.25) is 10.0 Å². The molecule has 8 nitrogen and oxygen atoms in total. The Labute approximate surface area is 183 Å². The van der Waals surface area contributed by atoms with Crippen molar-refractivity contribution in [2.75, 3.05) is 26.2 Å². The van der Waals surface area contributed by atoms with Crippen molar-refractivity contribution in [3.8, 4) is 0 Å². The fourth-order valence-electron chi connectivity index (χ4n) is 4.64. The molecule has 0 atom stereocenters. The predicted molar refractivity (Wildman–Crippen MR) is 110 cm³/mol. The number of amides is 2. The summed E-state index contributed by atoms with van der Waals surface area (Å²) < 4.78 is 66.5. The molecule has 3 aliphatic rings. The van der Waals surface area contributed by atoms with Crippen molar-refractivity contribution in [1.82, 2.24) is 24.5 Å². The van der Waals surface area contributed by atoms with Crippen LogP contribution >= 0.6 is 0 Å². The van der Waals surface area contributed by atoms with Gasteiger partial charge in [-0.3, -0.25) is 4.98 Å². The number of piperidine rings is 1. The number of nitrogens with zero attached hydrogens (tertiary/aromatic N) is 3. The topological polar surface area (TPSA) is 98.4 Å². The number of aromatic nitrogens is 2. The number of likely N-dealkylation sites (tertiary alicyclic amines) is 1. The van der Waals surface area contributed by atoms with Crippen molar-refractivity contribution in [2.45, 2.75) is 48.6 Å². The lowest BCUT2D eigenvalue weighted by Gasteiger charge is -2.42. The van der Waals surface area contributed by atoms with E-state index in [4.69, 9.17) is 0 Å². The van der Waals surface area contributed by atoms with Gasteiger partial charge in [-0.25, -0.2) is 17.5 Å². The summed E-state index contributed by atoms with van der Waals surface area (Å²) >= 11 is 0. The Balaban J connectivity index is 1.16. The van der Waals surface area contributed by atoms with Crippen LogP contribution < -0.4 is 5.32 Å². The lowest BCUT2D eigenvalue weighted by molar-refractivity contribution is -0.163. The Morgan fingerprint density at radius 3 is 2.53 bits per heavy atom. The van der Waals surface area contributed by atoms with E-state index in [-0.39, 0.29) is 31.8 Å². The molecule has 0 aromatic carbocycles. The average Bonchev–Trinajstić information content (AvgIpc) is 3.37. The number of carbonyl (C=O) groups excluding carboxylic acids is 1. The Bertz CT molecular complexity index is 1130. The Hall–Kier alpha value is -2.34. The minimum Gasteiger partial charge on any atom is -0.360 e. The SMILES string of the molecule is O=C(NC1(C(F)(F)F)CC1)N1CC(S(=O)(=O)N2CCC(c3c[nH]c4cnccc34)CC2)C1. The Kier molecular flexibility index (Phi) is 4.93. The maximum Gasteiger partial charge on any atom is 0.411 e. The first-order chi connectivity index (χ1) is 15.1. The molecule has 2 saturated heterocycles. The zero-order chi connectivity index (χ0) is 22.7. The second-order valence-electron chi connectivity index (χ2n) is 8.92. The highest BCUT2D eigenvalue weighted by Crippen LogP contribution is 2.49. The van der Waals surface area contributed by atoms with E-state index in [1.807, 2.05) is 17.6 Å². The van der Waals surface area contributed by atoms with Crippen LogP contribution in [0.4, 0.5) is 18.0 Å². The quantitative estimate of drug-likeness (QED) is 0.716. The molecule has 5 rings (SSSR count). The first-order valence-electron chi connectivity index (χ1n) is 10.6. The number of fused-ring (bicyclic) bond motifs is 1. The van der Waals surface area contributed by atoms with Crippen LogP contribution in [0.1, 0.15) is 37.2 Å². The number of rotatable bonds is 4. The van der Waals surface area contributed by atoms with Gasteiger partial charge in [-0.2, -0.15) is 13.2 Å². The van der Waals surface area contributed by atoms with Gasteiger partial charge in [-0.05, 0) is 43.2 Å². The van der Waals surface area contributed by atoms with Gasteiger partial charge in [-0.1, -0.05) is 0 Å². The van der Waals surface area contributed by atoms with Crippen molar-refractivity contribution < 1.29 is 26.4 Å². The van der Waals surface area contributed by atoms with Crippen LogP contribution in [0.25, 0.3) is 10.9 Å². The second kappa shape index (κ2) is 7.34. The van der Waals surface area contributed by atoms with Gasteiger partial charge in [0.25, 0.3) is 0 Å². The van der Waals surface area contributed by atoms with Gasteiger partial charge in [0.15, 0.2) is 0 Å². The number of H-pyrrole nitrogens is 1. The minimum absolute atomic E-state index is 0.0858. The second-order valence-corrected chi connectivity index (χ2v) is 11.1. The number of carbonyl (C=O) groups is 1. The summed E-state index contributed by atoms with van der Waals surface area (Å²) in [6.07, 6.45) is 2.04. The zero-order valence-electron chi connectivity index (χ0n) is 17.2. The third-order valence-electron chi connectivity index (χ3n) is 6.96. The minimum atomic E-state index is -4.50. The molecule has 174 valence electrons. The number of aromatic amines is 1. The first kappa shape index (κ1) is 21.5. The normalized spacial score (nSPS) is 22.7. The van der Waals surface area contributed by atoms with E-state index in [2.05, 4.69) is 9.97 Å². The molecule has 12 heteroatoms. The van der Waals surface area contributed by atoms with E-state index < -0.39 is 33.0 Å². The van der Waals surface area contributed by atoms with E-state index >= 15 is 0 Å². The van der Waals surface area contributed by atoms with Crippen LogP contribution in [0, 0.1) is 0 Å². The van der Waals surface area contributed by atoms with Gasteiger partial charge >= 0.3 is 12.2 Å². The van der Waals surface area contributed by atoms with Gasteiger partial charge in [-0.15, -0.1) is 0 Å². The molecular weight excluding hydrogens is 447 g/mol. The van der Waals surface area contributed by atoms with Crippen molar-refractivity contribution in [3.63, 3.8) is 0 Å². The zero-order valence-corrected chi connectivity index (χ0v) is 18.0. The molecular formula is C20H24F3N5O3S. The van der Waals surface area contributed by atoms with E-state index in [1.165, 1.54) is 4.31 Å². The lowest BCUT2D eigenvalue weighted by atomic mass is 9.90. The summed E-state index contributed by atoms with van der Waals surface area (Å²) in [5, 5.41) is 2.36. The molecule has 0 bridgehead atoms. The molecule has 2 N–H and O–H groups in total. The molecule has 2 aromatic heterocycles. The predicted octanol–water partition coefficient (Wildman–Crippen LogP) is 2.56. The van der Waals surface area contributed by atoms with E-state index in [9.17, 15) is 26.4 Å². The molecule has 32 heavy (non-hydrogen) atoms. The summed E-state index contributed by atoms with van der Waals surface area (Å²) in [7, 11) is -3.61. The van der Waals surface area contributed by atoms with Crippen molar-refractivity contribution >= 4 is 27.0 Å². The van der Waals surface area contributed by atoms with Crippen molar-refractivity contribution in [1.29, 1.82) is 0 Å². The number of urea groups is 1. The summed E-state index contributed by atoms with van der Waals surface area (Å²) in [5.41, 5.74) is -0.0394. The lowest BCUT2D eigenvalue weighted by Crippen LogP contribution is -2.64. The number of pyridine rings is 1. The monoisotopic (exact) mass is 471 g/mol. The Morgan fingerprint density at radius 2 is 1.91 bits per heavy atom. The standard InChI is InChI=1S/C20H24F3N5O3S/c21-20(22,23)19(4-5-19)26-18(29)27-11-14(12-27)32(30,31)28-7-2-13(3-8-28)16-9-25-17-10-24-6-1-15(16)17/h1,6,9-10,13-14,25H,2-5,7-8,11-12H2,(H,26,29). The number of alkyl halides is 3. The van der Waals surface area contributed by atoms with E-state index in [0.717, 1.165) is 21.4 Å². The molecule has 2 aliphatic heterocycles. The molecule has 0 radical (unpaired) electrons. The Morgan fingerprint density at radius 1 is 1.22 bits per heavy atom. The van der Waals surface area contributed by atoms with E-state index in [1.54, 1.807) is 12.4 Å². The molecule has 1 aliphatic carbocycles. The fraction of sp³-hybridized carbons (Fsp3) is 0.600. The smallest absolute Gasteiger partial charge is 0.360 e. The maximum absolute atomic E-state index is 13.0. The summed E-state index contributed by atoms with van der Waals surface area (Å²) in [4.78, 5) is 20.6. The average molecular weight is 472 g/mol. The number of halogens is 3. The highest BCUT2D eigenvalue weighted by Gasteiger charge is 2.65. The van der Waals surface area contributed by atoms with Crippen LogP contribution in [0.5, 0.6) is 0 Å². The van der Waals surface area contributed by atoms with Crippen LogP contribution in [0.15, 0.2) is 24.7 Å².